The van der Waals surface area contributed by atoms with Crippen molar-refractivity contribution in [1.29, 1.82) is 0 Å². The third-order valence-electron chi connectivity index (χ3n) is 4.37. The zero-order valence-corrected chi connectivity index (χ0v) is 12.3. The van der Waals surface area contributed by atoms with Gasteiger partial charge in [-0.3, -0.25) is 4.90 Å². The van der Waals surface area contributed by atoms with E-state index < -0.39 is 0 Å². The van der Waals surface area contributed by atoms with Crippen molar-refractivity contribution in [1.82, 2.24) is 10.2 Å². The summed E-state index contributed by atoms with van der Waals surface area (Å²) in [7, 11) is 0. The van der Waals surface area contributed by atoms with Crippen LogP contribution >= 0.6 is 0 Å². The highest BCUT2D eigenvalue weighted by atomic mass is 16.5. The summed E-state index contributed by atoms with van der Waals surface area (Å²) in [6.45, 7) is 11.2. The van der Waals surface area contributed by atoms with E-state index >= 15 is 0 Å². The number of morpholine rings is 1. The van der Waals surface area contributed by atoms with E-state index in [-0.39, 0.29) is 0 Å². The number of ether oxygens (including phenoxy) is 1. The molecule has 1 heterocycles. The molecule has 2 aliphatic rings. The lowest BCUT2D eigenvalue weighted by atomic mass is 9.87. The van der Waals surface area contributed by atoms with E-state index in [1.54, 1.807) is 0 Å². The summed E-state index contributed by atoms with van der Waals surface area (Å²) >= 11 is 0. The second kappa shape index (κ2) is 6.88. The van der Waals surface area contributed by atoms with Gasteiger partial charge in [-0.05, 0) is 45.4 Å². The molecule has 3 nitrogen and oxygen atoms in total. The molecule has 0 aromatic rings. The second-order valence-electron chi connectivity index (χ2n) is 6.43. The fourth-order valence-corrected chi connectivity index (χ4v) is 3.36. The molecule has 2 atom stereocenters. The number of hydrogen-bond acceptors (Lipinski definition) is 3. The molecule has 106 valence electrons. The highest BCUT2D eigenvalue weighted by Crippen LogP contribution is 2.23. The van der Waals surface area contributed by atoms with Crippen molar-refractivity contribution in [3.8, 4) is 0 Å². The van der Waals surface area contributed by atoms with Crippen molar-refractivity contribution in [2.45, 2.75) is 64.7 Å². The Kier molecular flexibility index (Phi) is 5.46. The smallest absolute Gasteiger partial charge is 0.0678 e. The molecule has 2 rings (SSSR count). The van der Waals surface area contributed by atoms with Crippen molar-refractivity contribution in [2.75, 3.05) is 26.2 Å². The summed E-state index contributed by atoms with van der Waals surface area (Å²) in [6, 6.07) is 0.775. The zero-order valence-electron chi connectivity index (χ0n) is 12.3. The van der Waals surface area contributed by atoms with Gasteiger partial charge in [0.15, 0.2) is 0 Å². The molecule has 1 aliphatic carbocycles. The molecule has 18 heavy (non-hydrogen) atoms. The van der Waals surface area contributed by atoms with Crippen molar-refractivity contribution in [2.24, 2.45) is 5.92 Å². The van der Waals surface area contributed by atoms with Gasteiger partial charge in [0.25, 0.3) is 0 Å². The average Bonchev–Trinajstić information content (AvgIpc) is 2.30. The molecule has 3 heteroatoms. The lowest BCUT2D eigenvalue weighted by Gasteiger charge is -2.36. The molecule has 0 spiro atoms. The van der Waals surface area contributed by atoms with Crippen molar-refractivity contribution >= 4 is 0 Å². The van der Waals surface area contributed by atoms with E-state index in [0.717, 1.165) is 31.6 Å². The van der Waals surface area contributed by atoms with Gasteiger partial charge >= 0.3 is 0 Å². The second-order valence-corrected chi connectivity index (χ2v) is 6.43. The minimum Gasteiger partial charge on any atom is -0.373 e. The Labute approximate surface area is 112 Å². The maximum atomic E-state index is 5.76. The van der Waals surface area contributed by atoms with Crippen LogP contribution in [0.5, 0.6) is 0 Å². The summed E-state index contributed by atoms with van der Waals surface area (Å²) in [4.78, 5) is 2.54. The van der Waals surface area contributed by atoms with Gasteiger partial charge in [-0.2, -0.15) is 0 Å². The van der Waals surface area contributed by atoms with Crippen molar-refractivity contribution < 1.29 is 4.74 Å². The van der Waals surface area contributed by atoms with Crippen LogP contribution in [0.3, 0.4) is 0 Å². The number of hydrogen-bond donors (Lipinski definition) is 1. The van der Waals surface area contributed by atoms with Crippen molar-refractivity contribution in [3.05, 3.63) is 0 Å². The number of rotatable bonds is 4. The van der Waals surface area contributed by atoms with Crippen molar-refractivity contribution in [3.63, 3.8) is 0 Å². The standard InChI is InChI=1S/C15H30N2O/c1-12-4-6-15(7-5-12)16-8-9-17-10-13(2)18-14(3)11-17/h12-16H,4-11H2,1-3H3/t12?,13-,14+,15?. The molecule has 2 fully saturated rings. The fourth-order valence-electron chi connectivity index (χ4n) is 3.36. The predicted molar refractivity (Wildman–Crippen MR) is 75.9 cm³/mol. The van der Waals surface area contributed by atoms with Crippen LogP contribution < -0.4 is 5.32 Å². The Morgan fingerprint density at radius 3 is 2.22 bits per heavy atom. The first-order valence-electron chi connectivity index (χ1n) is 7.74. The largest absolute Gasteiger partial charge is 0.373 e. The highest BCUT2D eigenvalue weighted by molar-refractivity contribution is 4.77. The van der Waals surface area contributed by atoms with Crippen LogP contribution in [0, 0.1) is 5.92 Å². The van der Waals surface area contributed by atoms with Gasteiger partial charge in [-0.1, -0.05) is 6.92 Å². The molecule has 1 N–H and O–H groups in total. The normalized spacial score (nSPS) is 38.8. The minimum absolute atomic E-state index is 0.393. The molecule has 0 aromatic carbocycles. The lowest BCUT2D eigenvalue weighted by Crippen LogP contribution is -2.48. The van der Waals surface area contributed by atoms with E-state index in [0.29, 0.717) is 12.2 Å². The minimum atomic E-state index is 0.393. The van der Waals surface area contributed by atoms with E-state index in [4.69, 9.17) is 4.74 Å². The monoisotopic (exact) mass is 254 g/mol. The third kappa shape index (κ3) is 4.52. The maximum absolute atomic E-state index is 5.76. The molecule has 1 aliphatic heterocycles. The summed E-state index contributed by atoms with van der Waals surface area (Å²) in [6.07, 6.45) is 6.34. The van der Waals surface area contributed by atoms with Crippen LogP contribution in [0.1, 0.15) is 46.5 Å². The van der Waals surface area contributed by atoms with Gasteiger partial charge < -0.3 is 10.1 Å². The van der Waals surface area contributed by atoms with E-state index in [1.807, 2.05) is 0 Å². The predicted octanol–water partition coefficient (Wildman–Crippen LogP) is 2.26. The Bertz CT molecular complexity index is 229. The van der Waals surface area contributed by atoms with Gasteiger partial charge in [0.05, 0.1) is 12.2 Å². The van der Waals surface area contributed by atoms with Crippen LogP contribution in [-0.2, 0) is 4.74 Å². The lowest BCUT2D eigenvalue weighted by molar-refractivity contribution is -0.0675. The first kappa shape index (κ1) is 14.3. The van der Waals surface area contributed by atoms with E-state index in [9.17, 15) is 0 Å². The van der Waals surface area contributed by atoms with Crippen LogP contribution in [-0.4, -0.2) is 49.3 Å². The third-order valence-corrected chi connectivity index (χ3v) is 4.37. The molecule has 0 amide bonds. The molecule has 1 saturated carbocycles. The van der Waals surface area contributed by atoms with Crippen LogP contribution in [0.2, 0.25) is 0 Å². The summed E-state index contributed by atoms with van der Waals surface area (Å²) in [5.74, 6) is 0.948. The topological polar surface area (TPSA) is 24.5 Å². The highest BCUT2D eigenvalue weighted by Gasteiger charge is 2.22. The number of nitrogens with zero attached hydrogens (tertiary/aromatic N) is 1. The molecule has 0 aromatic heterocycles. The first-order chi connectivity index (χ1) is 8.63. The Morgan fingerprint density at radius 1 is 1.00 bits per heavy atom. The molecular weight excluding hydrogens is 224 g/mol. The summed E-state index contributed by atoms with van der Waals surface area (Å²) < 4.78 is 5.76. The van der Waals surface area contributed by atoms with Crippen LogP contribution in [0.15, 0.2) is 0 Å². The Morgan fingerprint density at radius 2 is 1.61 bits per heavy atom. The molecule has 1 saturated heterocycles. The fraction of sp³-hybridized carbons (Fsp3) is 1.00. The van der Waals surface area contributed by atoms with Gasteiger partial charge in [0, 0.05) is 32.2 Å². The van der Waals surface area contributed by atoms with Crippen LogP contribution in [0.25, 0.3) is 0 Å². The molecular formula is C15H30N2O. The first-order valence-corrected chi connectivity index (χ1v) is 7.74. The average molecular weight is 254 g/mol. The van der Waals surface area contributed by atoms with Gasteiger partial charge in [0.2, 0.25) is 0 Å². The Balaban J connectivity index is 1.60. The van der Waals surface area contributed by atoms with E-state index in [2.05, 4.69) is 31.0 Å². The van der Waals surface area contributed by atoms with E-state index in [1.165, 1.54) is 32.2 Å². The van der Waals surface area contributed by atoms with Gasteiger partial charge in [0.1, 0.15) is 0 Å². The Hall–Kier alpha value is -0.120. The number of nitrogens with one attached hydrogen (secondary N) is 1. The van der Waals surface area contributed by atoms with Gasteiger partial charge in [-0.25, -0.2) is 0 Å². The molecule has 0 unspecified atom stereocenters. The molecule has 0 radical (unpaired) electrons. The van der Waals surface area contributed by atoms with Crippen LogP contribution in [0.4, 0.5) is 0 Å². The quantitative estimate of drug-likeness (QED) is 0.833. The molecule has 0 bridgehead atoms. The van der Waals surface area contributed by atoms with Gasteiger partial charge in [-0.15, -0.1) is 0 Å². The zero-order chi connectivity index (χ0) is 13.0. The SMILES string of the molecule is CC1CCC(NCCN2C[C@@H](C)O[C@@H](C)C2)CC1. The summed E-state index contributed by atoms with van der Waals surface area (Å²) in [5.41, 5.74) is 0. The maximum Gasteiger partial charge on any atom is 0.0678 e. The summed E-state index contributed by atoms with van der Waals surface area (Å²) in [5, 5.41) is 3.74.